The molecule has 1 aliphatic heterocycles. The fourth-order valence-electron chi connectivity index (χ4n) is 3.14. The van der Waals surface area contributed by atoms with Crippen LogP contribution in [-0.4, -0.2) is 43.0 Å². The third-order valence-corrected chi connectivity index (χ3v) is 5.06. The second-order valence-electron chi connectivity index (χ2n) is 6.48. The zero-order valence-electron chi connectivity index (χ0n) is 14.7. The summed E-state index contributed by atoms with van der Waals surface area (Å²) in [5.41, 5.74) is 3.04. The van der Waals surface area contributed by atoms with Crippen molar-refractivity contribution < 1.29 is 4.79 Å². The maximum Gasteiger partial charge on any atom is 0.241 e. The number of piperazine rings is 1. The fraction of sp³-hybridized carbons (Fsp3) is 0.350. The van der Waals surface area contributed by atoms with Gasteiger partial charge < -0.3 is 10.2 Å². The topological polar surface area (TPSA) is 35.6 Å². The van der Waals surface area contributed by atoms with Crippen LogP contribution in [0.1, 0.15) is 12.5 Å². The molecular weight excluding hydrogens is 334 g/mol. The smallest absolute Gasteiger partial charge is 0.241 e. The average Bonchev–Trinajstić information content (AvgIpc) is 2.65. The first kappa shape index (κ1) is 17.8. The molecule has 5 heteroatoms. The van der Waals surface area contributed by atoms with Crippen LogP contribution < -0.4 is 10.2 Å². The highest BCUT2D eigenvalue weighted by Crippen LogP contribution is 2.21. The first-order valence-electron chi connectivity index (χ1n) is 8.65. The van der Waals surface area contributed by atoms with E-state index in [9.17, 15) is 4.79 Å². The maximum atomic E-state index is 12.6. The number of carbonyl (C=O) groups excluding carboxylic acids is 1. The number of hydrogen-bond donors (Lipinski definition) is 1. The van der Waals surface area contributed by atoms with Gasteiger partial charge in [0.15, 0.2) is 0 Å². The minimum absolute atomic E-state index is 0.0125. The Bertz CT molecular complexity index is 727. The van der Waals surface area contributed by atoms with Crippen LogP contribution >= 0.6 is 11.6 Å². The Labute approximate surface area is 154 Å². The molecule has 1 amide bonds. The van der Waals surface area contributed by atoms with E-state index in [1.54, 1.807) is 6.07 Å². The summed E-state index contributed by atoms with van der Waals surface area (Å²) in [7, 11) is 0. The summed E-state index contributed by atoms with van der Waals surface area (Å²) in [6.45, 7) is 7.54. The Morgan fingerprint density at radius 1 is 1.08 bits per heavy atom. The van der Waals surface area contributed by atoms with Gasteiger partial charge in [-0.25, -0.2) is 0 Å². The number of amides is 1. The number of nitrogens with zero attached hydrogens (tertiary/aromatic N) is 2. The molecule has 3 rings (SSSR count). The summed E-state index contributed by atoms with van der Waals surface area (Å²) in [5, 5.41) is 3.64. The summed E-state index contributed by atoms with van der Waals surface area (Å²) in [6, 6.07) is 15.8. The van der Waals surface area contributed by atoms with Crippen LogP contribution in [-0.2, 0) is 4.79 Å². The molecule has 132 valence electrons. The SMILES string of the molecule is Cc1ccc(Cl)cc1NC(=O)[C@H](C)N1CCN(c2ccccc2)CC1. The zero-order valence-corrected chi connectivity index (χ0v) is 15.5. The van der Waals surface area contributed by atoms with Gasteiger partial charge in [0.05, 0.1) is 6.04 Å². The number of rotatable bonds is 4. The van der Waals surface area contributed by atoms with E-state index >= 15 is 0 Å². The first-order valence-corrected chi connectivity index (χ1v) is 9.03. The highest BCUT2D eigenvalue weighted by Gasteiger charge is 2.26. The van der Waals surface area contributed by atoms with Gasteiger partial charge in [-0.3, -0.25) is 9.69 Å². The van der Waals surface area contributed by atoms with Crippen LogP contribution in [0.5, 0.6) is 0 Å². The van der Waals surface area contributed by atoms with Crippen molar-refractivity contribution in [3.8, 4) is 0 Å². The summed E-state index contributed by atoms with van der Waals surface area (Å²) in [5.74, 6) is 0.0125. The number of para-hydroxylation sites is 1. The molecule has 0 bridgehead atoms. The molecule has 1 aliphatic rings. The lowest BCUT2D eigenvalue weighted by Gasteiger charge is -2.38. The van der Waals surface area contributed by atoms with Crippen molar-refractivity contribution in [2.75, 3.05) is 36.4 Å². The molecule has 1 N–H and O–H groups in total. The van der Waals surface area contributed by atoms with E-state index < -0.39 is 0 Å². The van der Waals surface area contributed by atoms with Gasteiger partial charge in [0.1, 0.15) is 0 Å². The minimum Gasteiger partial charge on any atom is -0.369 e. The zero-order chi connectivity index (χ0) is 17.8. The molecule has 0 aliphatic carbocycles. The number of anilines is 2. The lowest BCUT2D eigenvalue weighted by Crippen LogP contribution is -2.52. The van der Waals surface area contributed by atoms with Crippen molar-refractivity contribution in [1.82, 2.24) is 4.90 Å². The monoisotopic (exact) mass is 357 g/mol. The van der Waals surface area contributed by atoms with Gasteiger partial charge in [-0.05, 0) is 43.7 Å². The molecule has 2 aromatic carbocycles. The van der Waals surface area contributed by atoms with Crippen molar-refractivity contribution in [2.24, 2.45) is 0 Å². The fourth-order valence-corrected chi connectivity index (χ4v) is 3.31. The van der Waals surface area contributed by atoms with Gasteiger partial charge in [-0.1, -0.05) is 35.9 Å². The molecule has 0 radical (unpaired) electrons. The predicted octanol–water partition coefficient (Wildman–Crippen LogP) is 3.80. The standard InChI is InChI=1S/C20H24ClN3O/c1-15-8-9-17(21)14-19(15)22-20(25)16(2)23-10-12-24(13-11-23)18-6-4-3-5-7-18/h3-9,14,16H,10-13H2,1-2H3,(H,22,25)/t16-/m0/s1. The van der Waals surface area contributed by atoms with Crippen molar-refractivity contribution in [2.45, 2.75) is 19.9 Å². The third kappa shape index (κ3) is 4.33. The second kappa shape index (κ2) is 7.89. The lowest BCUT2D eigenvalue weighted by atomic mass is 10.1. The van der Waals surface area contributed by atoms with Gasteiger partial charge in [0.25, 0.3) is 0 Å². The Morgan fingerprint density at radius 3 is 2.44 bits per heavy atom. The van der Waals surface area contributed by atoms with Crippen LogP contribution in [0.4, 0.5) is 11.4 Å². The number of aryl methyl sites for hydroxylation is 1. The molecule has 1 atom stereocenters. The molecule has 1 saturated heterocycles. The summed E-state index contributed by atoms with van der Waals surface area (Å²) in [6.07, 6.45) is 0. The molecule has 0 unspecified atom stereocenters. The minimum atomic E-state index is -0.170. The maximum absolute atomic E-state index is 12.6. The van der Waals surface area contributed by atoms with Crippen molar-refractivity contribution in [3.63, 3.8) is 0 Å². The summed E-state index contributed by atoms with van der Waals surface area (Å²) >= 11 is 6.04. The highest BCUT2D eigenvalue weighted by molar-refractivity contribution is 6.31. The van der Waals surface area contributed by atoms with Crippen LogP contribution in [0, 0.1) is 6.92 Å². The van der Waals surface area contributed by atoms with Crippen molar-refractivity contribution in [3.05, 3.63) is 59.1 Å². The normalized spacial score (nSPS) is 16.5. The largest absolute Gasteiger partial charge is 0.369 e. The molecular formula is C20H24ClN3O. The van der Waals surface area contributed by atoms with Gasteiger partial charge in [0, 0.05) is 42.6 Å². The Balaban J connectivity index is 1.57. The van der Waals surface area contributed by atoms with Crippen LogP contribution in [0.3, 0.4) is 0 Å². The third-order valence-electron chi connectivity index (χ3n) is 4.82. The first-order chi connectivity index (χ1) is 12.0. The second-order valence-corrected chi connectivity index (χ2v) is 6.92. The molecule has 1 heterocycles. The molecule has 25 heavy (non-hydrogen) atoms. The van der Waals surface area contributed by atoms with E-state index in [-0.39, 0.29) is 11.9 Å². The average molecular weight is 358 g/mol. The molecule has 4 nitrogen and oxygen atoms in total. The van der Waals surface area contributed by atoms with E-state index in [4.69, 9.17) is 11.6 Å². The number of benzene rings is 2. The van der Waals surface area contributed by atoms with Crippen LogP contribution in [0.15, 0.2) is 48.5 Å². The lowest BCUT2D eigenvalue weighted by molar-refractivity contribution is -0.120. The van der Waals surface area contributed by atoms with Crippen LogP contribution in [0.25, 0.3) is 0 Å². The summed E-state index contributed by atoms with van der Waals surface area (Å²) in [4.78, 5) is 17.2. The van der Waals surface area contributed by atoms with Gasteiger partial charge >= 0.3 is 0 Å². The van der Waals surface area contributed by atoms with E-state index in [0.29, 0.717) is 5.02 Å². The predicted molar refractivity (Wildman–Crippen MR) is 105 cm³/mol. The summed E-state index contributed by atoms with van der Waals surface area (Å²) < 4.78 is 0. The molecule has 0 saturated carbocycles. The quantitative estimate of drug-likeness (QED) is 0.904. The van der Waals surface area contributed by atoms with E-state index in [0.717, 1.165) is 37.4 Å². The number of nitrogens with one attached hydrogen (secondary N) is 1. The number of hydrogen-bond acceptors (Lipinski definition) is 3. The Morgan fingerprint density at radius 2 is 1.76 bits per heavy atom. The number of carbonyl (C=O) groups is 1. The molecule has 0 aromatic heterocycles. The Kier molecular flexibility index (Phi) is 5.61. The molecule has 1 fully saturated rings. The highest BCUT2D eigenvalue weighted by atomic mass is 35.5. The molecule has 0 spiro atoms. The number of halogens is 1. The van der Waals surface area contributed by atoms with Gasteiger partial charge in [-0.2, -0.15) is 0 Å². The van der Waals surface area contributed by atoms with Crippen molar-refractivity contribution in [1.29, 1.82) is 0 Å². The van der Waals surface area contributed by atoms with Gasteiger partial charge in [-0.15, -0.1) is 0 Å². The van der Waals surface area contributed by atoms with Crippen molar-refractivity contribution >= 4 is 28.9 Å². The Hall–Kier alpha value is -2.04. The molecule has 2 aromatic rings. The van der Waals surface area contributed by atoms with E-state index in [1.165, 1.54) is 5.69 Å². The van der Waals surface area contributed by atoms with Crippen LogP contribution in [0.2, 0.25) is 5.02 Å². The van der Waals surface area contributed by atoms with E-state index in [1.807, 2.05) is 32.0 Å². The van der Waals surface area contributed by atoms with E-state index in [2.05, 4.69) is 39.4 Å². The van der Waals surface area contributed by atoms with Gasteiger partial charge in [0.2, 0.25) is 5.91 Å².